The van der Waals surface area contributed by atoms with E-state index in [-0.39, 0.29) is 17.3 Å². The number of hydrogen-bond acceptors (Lipinski definition) is 4. The molecule has 88 valence electrons. The molecule has 0 fully saturated rings. The van der Waals surface area contributed by atoms with Crippen LogP contribution in [0.2, 0.25) is 0 Å². The van der Waals surface area contributed by atoms with Crippen LogP contribution in [-0.4, -0.2) is 26.0 Å². The Labute approximate surface area is 93.8 Å². The molecule has 0 saturated carbocycles. The molecule has 0 aromatic heterocycles. The van der Waals surface area contributed by atoms with Crippen LogP contribution in [0.1, 0.15) is 12.0 Å². The number of carbonyl (C=O) groups excluding carboxylic acids is 1. The molecule has 1 N–H and O–H groups in total. The molecule has 0 aliphatic heterocycles. The van der Waals surface area contributed by atoms with Gasteiger partial charge in [0.15, 0.2) is 0 Å². The highest BCUT2D eigenvalue weighted by Crippen LogP contribution is 2.11. The second kappa shape index (κ2) is 5.09. The van der Waals surface area contributed by atoms with Gasteiger partial charge in [0, 0.05) is 6.42 Å². The van der Waals surface area contributed by atoms with E-state index < -0.39 is 10.1 Å². The lowest BCUT2D eigenvalue weighted by molar-refractivity contribution is -0.140. The number of ether oxygens (including phenoxy) is 1. The smallest absolute Gasteiger partial charge is 0.305 e. The number of methoxy groups -OCH3 is 1. The van der Waals surface area contributed by atoms with Crippen LogP contribution in [0, 0.1) is 0 Å². The van der Waals surface area contributed by atoms with E-state index in [9.17, 15) is 13.2 Å². The number of esters is 1. The third-order valence-electron chi connectivity index (χ3n) is 2.07. The van der Waals surface area contributed by atoms with Crippen molar-refractivity contribution in [1.82, 2.24) is 0 Å². The van der Waals surface area contributed by atoms with Crippen molar-refractivity contribution in [3.05, 3.63) is 29.8 Å². The van der Waals surface area contributed by atoms with Crippen molar-refractivity contribution < 1.29 is 22.5 Å². The summed E-state index contributed by atoms with van der Waals surface area (Å²) >= 11 is 0. The molecule has 1 aromatic carbocycles. The Balaban J connectivity index is 2.69. The van der Waals surface area contributed by atoms with Crippen molar-refractivity contribution >= 4 is 16.1 Å². The van der Waals surface area contributed by atoms with Gasteiger partial charge >= 0.3 is 5.97 Å². The minimum absolute atomic E-state index is 0.158. The van der Waals surface area contributed by atoms with E-state index in [1.165, 1.54) is 19.2 Å². The minimum atomic E-state index is -4.15. The number of hydrogen-bond donors (Lipinski definition) is 1. The Morgan fingerprint density at radius 2 is 1.88 bits per heavy atom. The summed E-state index contributed by atoms with van der Waals surface area (Å²) in [4.78, 5) is 10.7. The second-order valence-electron chi connectivity index (χ2n) is 3.20. The zero-order valence-corrected chi connectivity index (χ0v) is 9.53. The van der Waals surface area contributed by atoms with Gasteiger partial charge in [0.2, 0.25) is 0 Å². The highest BCUT2D eigenvalue weighted by molar-refractivity contribution is 7.85. The van der Waals surface area contributed by atoms with Crippen LogP contribution in [0.3, 0.4) is 0 Å². The van der Waals surface area contributed by atoms with E-state index in [4.69, 9.17) is 4.55 Å². The number of rotatable bonds is 4. The second-order valence-corrected chi connectivity index (χ2v) is 4.62. The first-order valence-electron chi connectivity index (χ1n) is 4.57. The quantitative estimate of drug-likeness (QED) is 0.632. The first-order valence-corrected chi connectivity index (χ1v) is 6.01. The van der Waals surface area contributed by atoms with Gasteiger partial charge in [-0.3, -0.25) is 9.35 Å². The van der Waals surface area contributed by atoms with Crippen molar-refractivity contribution in [1.29, 1.82) is 0 Å². The van der Waals surface area contributed by atoms with Crippen LogP contribution in [0.4, 0.5) is 0 Å². The van der Waals surface area contributed by atoms with E-state index >= 15 is 0 Å². The monoisotopic (exact) mass is 244 g/mol. The van der Waals surface area contributed by atoms with Gasteiger partial charge in [-0.2, -0.15) is 8.42 Å². The molecular weight excluding hydrogens is 232 g/mol. The van der Waals surface area contributed by atoms with Crippen LogP contribution in [0.25, 0.3) is 0 Å². The third-order valence-corrected chi connectivity index (χ3v) is 2.93. The van der Waals surface area contributed by atoms with Crippen molar-refractivity contribution in [3.8, 4) is 0 Å². The molecule has 0 aliphatic carbocycles. The van der Waals surface area contributed by atoms with Crippen molar-refractivity contribution in [2.75, 3.05) is 7.11 Å². The van der Waals surface area contributed by atoms with E-state index in [2.05, 4.69) is 4.74 Å². The van der Waals surface area contributed by atoms with Crippen LogP contribution in [0.15, 0.2) is 29.2 Å². The van der Waals surface area contributed by atoms with Crippen LogP contribution < -0.4 is 0 Å². The van der Waals surface area contributed by atoms with Crippen molar-refractivity contribution in [2.24, 2.45) is 0 Å². The molecule has 0 spiro atoms. The number of aryl methyl sites for hydroxylation is 1. The number of carbonyl (C=O) groups is 1. The highest BCUT2D eigenvalue weighted by atomic mass is 32.2. The van der Waals surface area contributed by atoms with Crippen LogP contribution in [-0.2, 0) is 26.1 Å². The molecule has 16 heavy (non-hydrogen) atoms. The lowest BCUT2D eigenvalue weighted by Gasteiger charge is -2.01. The van der Waals surface area contributed by atoms with Gasteiger partial charge in [-0.1, -0.05) is 12.1 Å². The van der Waals surface area contributed by atoms with Crippen LogP contribution in [0.5, 0.6) is 0 Å². The predicted molar refractivity (Wildman–Crippen MR) is 56.6 cm³/mol. The SMILES string of the molecule is COC(=O)CCc1ccc(S(=O)(=O)O)cc1. The van der Waals surface area contributed by atoms with E-state index in [1.807, 2.05) is 0 Å². The van der Waals surface area contributed by atoms with E-state index in [0.717, 1.165) is 5.56 Å². The Hall–Kier alpha value is -1.40. The summed E-state index contributed by atoms with van der Waals surface area (Å²) in [6, 6.07) is 5.68. The molecule has 0 heterocycles. The molecule has 0 unspecified atom stereocenters. The first-order chi connectivity index (χ1) is 7.43. The summed E-state index contributed by atoms with van der Waals surface area (Å²) in [5.74, 6) is -0.321. The maximum atomic E-state index is 10.9. The number of benzene rings is 1. The maximum absolute atomic E-state index is 10.9. The summed E-state index contributed by atoms with van der Waals surface area (Å²) in [5, 5.41) is 0. The average molecular weight is 244 g/mol. The Bertz CT molecular complexity index is 460. The topological polar surface area (TPSA) is 80.7 Å². The average Bonchev–Trinajstić information content (AvgIpc) is 2.25. The van der Waals surface area contributed by atoms with E-state index in [1.54, 1.807) is 12.1 Å². The third kappa shape index (κ3) is 3.63. The van der Waals surface area contributed by atoms with Gasteiger partial charge in [0.05, 0.1) is 12.0 Å². The summed E-state index contributed by atoms with van der Waals surface area (Å²) in [6.07, 6.45) is 0.708. The normalized spacial score (nSPS) is 11.1. The highest BCUT2D eigenvalue weighted by Gasteiger charge is 2.08. The largest absolute Gasteiger partial charge is 0.469 e. The molecule has 5 nitrogen and oxygen atoms in total. The first kappa shape index (κ1) is 12.7. The van der Waals surface area contributed by atoms with Gasteiger partial charge in [0.25, 0.3) is 10.1 Å². The molecule has 0 aliphatic rings. The molecule has 0 saturated heterocycles. The molecule has 1 rings (SSSR count). The fourth-order valence-electron chi connectivity index (χ4n) is 1.18. The predicted octanol–water partition coefficient (Wildman–Crippen LogP) is 1.04. The summed E-state index contributed by atoms with van der Waals surface area (Å²) in [6.45, 7) is 0. The molecule has 6 heteroatoms. The summed E-state index contributed by atoms with van der Waals surface area (Å²) in [7, 11) is -2.84. The molecule has 1 aromatic rings. The van der Waals surface area contributed by atoms with Gasteiger partial charge in [-0.25, -0.2) is 0 Å². The Morgan fingerprint density at radius 3 is 2.31 bits per heavy atom. The summed E-state index contributed by atoms with van der Waals surface area (Å²) < 4.78 is 34.7. The molecule has 0 atom stereocenters. The molecule has 0 amide bonds. The Morgan fingerprint density at radius 1 is 1.31 bits per heavy atom. The molecular formula is C10H12O5S. The fourth-order valence-corrected chi connectivity index (χ4v) is 1.66. The maximum Gasteiger partial charge on any atom is 0.305 e. The van der Waals surface area contributed by atoms with Gasteiger partial charge in [-0.05, 0) is 24.1 Å². The fraction of sp³-hybridized carbons (Fsp3) is 0.300. The zero-order valence-electron chi connectivity index (χ0n) is 8.71. The lowest BCUT2D eigenvalue weighted by Crippen LogP contribution is -2.02. The summed E-state index contributed by atoms with van der Waals surface area (Å²) in [5.41, 5.74) is 0.804. The minimum Gasteiger partial charge on any atom is -0.469 e. The van der Waals surface area contributed by atoms with Gasteiger partial charge in [-0.15, -0.1) is 0 Å². The standard InChI is InChI=1S/C10H12O5S/c1-15-10(11)7-4-8-2-5-9(6-3-8)16(12,13)14/h2-3,5-6H,4,7H2,1H3,(H,12,13,14). The molecule has 0 radical (unpaired) electrons. The van der Waals surface area contributed by atoms with Gasteiger partial charge in [0.1, 0.15) is 0 Å². The van der Waals surface area contributed by atoms with E-state index in [0.29, 0.717) is 6.42 Å². The molecule has 0 bridgehead atoms. The van der Waals surface area contributed by atoms with Crippen LogP contribution >= 0.6 is 0 Å². The Kier molecular flexibility index (Phi) is 4.03. The van der Waals surface area contributed by atoms with Crippen molar-refractivity contribution in [3.63, 3.8) is 0 Å². The lowest BCUT2D eigenvalue weighted by atomic mass is 10.1. The van der Waals surface area contributed by atoms with Crippen molar-refractivity contribution in [2.45, 2.75) is 17.7 Å². The zero-order chi connectivity index (χ0) is 12.2. The van der Waals surface area contributed by atoms with Gasteiger partial charge < -0.3 is 4.74 Å².